The summed E-state index contributed by atoms with van der Waals surface area (Å²) in [5, 5.41) is 12.5. The number of esters is 1. The van der Waals surface area contributed by atoms with Crippen molar-refractivity contribution in [1.82, 2.24) is 0 Å². The number of hydrogen-bond acceptors (Lipinski definition) is 5. The Morgan fingerprint density at radius 2 is 1.83 bits per heavy atom. The molecule has 2 rings (SSSR count). The number of ether oxygens (including phenoxy) is 2. The van der Waals surface area contributed by atoms with Gasteiger partial charge in [0, 0.05) is 0 Å². The minimum absolute atomic E-state index is 0.0610. The average Bonchev–Trinajstić information content (AvgIpc) is 3.06. The minimum Gasteiger partial charge on any atom is -0.461 e. The van der Waals surface area contributed by atoms with Crippen molar-refractivity contribution in [2.45, 2.75) is 33.2 Å². The summed E-state index contributed by atoms with van der Waals surface area (Å²) in [5.74, 6) is -1.81. The van der Waals surface area contributed by atoms with E-state index in [4.69, 9.17) is 9.47 Å². The topological polar surface area (TPSA) is 55.8 Å². The van der Waals surface area contributed by atoms with Gasteiger partial charge in [-0.25, -0.2) is 4.79 Å². The van der Waals surface area contributed by atoms with Crippen LogP contribution < -0.4 is 0 Å². The van der Waals surface area contributed by atoms with Gasteiger partial charge >= 0.3 is 5.97 Å². The highest BCUT2D eigenvalue weighted by atomic mass is 32.1. The van der Waals surface area contributed by atoms with E-state index < -0.39 is 11.2 Å². The third-order valence-corrected chi connectivity index (χ3v) is 4.75. The first-order chi connectivity index (χ1) is 10.8. The summed E-state index contributed by atoms with van der Waals surface area (Å²) < 4.78 is 11.0. The summed E-state index contributed by atoms with van der Waals surface area (Å²) >= 11 is 1.33. The summed E-state index contributed by atoms with van der Waals surface area (Å²) in [6.07, 6.45) is 0. The fourth-order valence-electron chi connectivity index (χ4n) is 1.84. The lowest BCUT2D eigenvalue weighted by Crippen LogP contribution is -2.47. The number of carbonyl (C=O) groups is 1. The molecule has 0 fully saturated rings. The Hall–Kier alpha value is -1.69. The molecule has 1 aromatic heterocycles. The monoisotopic (exact) mass is 334 g/mol. The van der Waals surface area contributed by atoms with E-state index in [0.29, 0.717) is 4.88 Å². The van der Waals surface area contributed by atoms with Gasteiger partial charge in [0.05, 0.1) is 12.0 Å². The SMILES string of the molecule is CC(C)(COC(=O)c1cccs1)C(C)(O)OCc1ccccc1. The number of thiophene rings is 1. The van der Waals surface area contributed by atoms with Crippen molar-refractivity contribution in [3.05, 3.63) is 58.3 Å². The third kappa shape index (κ3) is 4.64. The van der Waals surface area contributed by atoms with Crippen molar-refractivity contribution < 1.29 is 19.4 Å². The van der Waals surface area contributed by atoms with E-state index in [1.807, 2.05) is 35.7 Å². The second kappa shape index (κ2) is 7.25. The van der Waals surface area contributed by atoms with Crippen LogP contribution in [0.5, 0.6) is 0 Å². The Labute approximate surface area is 140 Å². The zero-order valence-electron chi connectivity index (χ0n) is 13.6. The van der Waals surface area contributed by atoms with Gasteiger partial charge in [0.2, 0.25) is 0 Å². The molecule has 4 nitrogen and oxygen atoms in total. The largest absolute Gasteiger partial charge is 0.461 e. The fourth-order valence-corrected chi connectivity index (χ4v) is 2.46. The van der Waals surface area contributed by atoms with Crippen LogP contribution in [-0.4, -0.2) is 23.5 Å². The molecule has 0 aliphatic carbocycles. The summed E-state index contributed by atoms with van der Waals surface area (Å²) in [6, 6.07) is 13.1. The van der Waals surface area contributed by atoms with E-state index in [-0.39, 0.29) is 19.2 Å². The van der Waals surface area contributed by atoms with Crippen LogP contribution in [0.25, 0.3) is 0 Å². The molecule has 1 N–H and O–H groups in total. The number of aliphatic hydroxyl groups is 1. The molecule has 0 saturated carbocycles. The van der Waals surface area contributed by atoms with Crippen LogP contribution in [0, 0.1) is 5.41 Å². The van der Waals surface area contributed by atoms with E-state index in [0.717, 1.165) is 5.56 Å². The van der Waals surface area contributed by atoms with Crippen LogP contribution in [0.15, 0.2) is 47.8 Å². The standard InChI is InChI=1S/C18H22O4S/c1-17(2,13-21-16(19)15-10-7-11-23-15)18(3,20)22-12-14-8-5-4-6-9-14/h4-11,20H,12-13H2,1-3H3. The Morgan fingerprint density at radius 1 is 1.13 bits per heavy atom. The summed E-state index contributed by atoms with van der Waals surface area (Å²) in [5.41, 5.74) is 0.216. The van der Waals surface area contributed by atoms with Crippen molar-refractivity contribution in [1.29, 1.82) is 0 Å². The predicted octanol–water partition coefficient (Wildman–Crippen LogP) is 3.86. The maximum Gasteiger partial charge on any atom is 0.348 e. The molecule has 1 atom stereocenters. The zero-order chi connectivity index (χ0) is 16.9. The van der Waals surface area contributed by atoms with Gasteiger partial charge in [-0.3, -0.25) is 0 Å². The van der Waals surface area contributed by atoms with E-state index in [1.54, 1.807) is 32.9 Å². The normalized spacial score (nSPS) is 14.3. The van der Waals surface area contributed by atoms with Gasteiger partial charge in [-0.2, -0.15) is 0 Å². The molecule has 2 aromatic rings. The van der Waals surface area contributed by atoms with Gasteiger partial charge < -0.3 is 14.6 Å². The van der Waals surface area contributed by atoms with Crippen LogP contribution in [0.4, 0.5) is 0 Å². The molecule has 5 heteroatoms. The van der Waals surface area contributed by atoms with Gasteiger partial charge in [-0.1, -0.05) is 50.2 Å². The summed E-state index contributed by atoms with van der Waals surface area (Å²) in [7, 11) is 0. The van der Waals surface area contributed by atoms with Crippen molar-refractivity contribution in [3.63, 3.8) is 0 Å². The Balaban J connectivity index is 1.92. The van der Waals surface area contributed by atoms with Crippen LogP contribution >= 0.6 is 11.3 Å². The van der Waals surface area contributed by atoms with Gasteiger partial charge in [-0.05, 0) is 23.9 Å². The van der Waals surface area contributed by atoms with Crippen molar-refractivity contribution in [3.8, 4) is 0 Å². The zero-order valence-corrected chi connectivity index (χ0v) is 14.4. The number of carbonyl (C=O) groups excluding carboxylic acids is 1. The number of benzene rings is 1. The van der Waals surface area contributed by atoms with Gasteiger partial charge in [0.1, 0.15) is 11.5 Å². The molecule has 0 spiro atoms. The summed E-state index contributed by atoms with van der Waals surface area (Å²) in [6.45, 7) is 5.55. The molecule has 124 valence electrons. The second-order valence-electron chi connectivity index (χ2n) is 6.19. The maximum absolute atomic E-state index is 11.9. The lowest BCUT2D eigenvalue weighted by atomic mass is 9.85. The quantitative estimate of drug-likeness (QED) is 0.617. The highest BCUT2D eigenvalue weighted by molar-refractivity contribution is 7.11. The van der Waals surface area contributed by atoms with Gasteiger partial charge in [0.15, 0.2) is 5.79 Å². The molecule has 0 radical (unpaired) electrons. The highest BCUT2D eigenvalue weighted by Crippen LogP contribution is 2.33. The van der Waals surface area contributed by atoms with Gasteiger partial charge in [-0.15, -0.1) is 11.3 Å². The van der Waals surface area contributed by atoms with E-state index in [9.17, 15) is 9.90 Å². The number of rotatable bonds is 7. The van der Waals surface area contributed by atoms with Crippen molar-refractivity contribution in [2.75, 3.05) is 6.61 Å². The number of hydrogen-bond donors (Lipinski definition) is 1. The van der Waals surface area contributed by atoms with Gasteiger partial charge in [0.25, 0.3) is 0 Å². The van der Waals surface area contributed by atoms with E-state index >= 15 is 0 Å². The Morgan fingerprint density at radius 3 is 2.43 bits per heavy atom. The molecule has 1 unspecified atom stereocenters. The average molecular weight is 334 g/mol. The van der Waals surface area contributed by atoms with Crippen LogP contribution in [0.2, 0.25) is 0 Å². The molecule has 0 saturated heterocycles. The molecule has 0 bridgehead atoms. The molecule has 0 amide bonds. The Bertz CT molecular complexity index is 618. The molecule has 23 heavy (non-hydrogen) atoms. The molecule has 1 aromatic carbocycles. The first-order valence-corrected chi connectivity index (χ1v) is 8.31. The lowest BCUT2D eigenvalue weighted by Gasteiger charge is -2.39. The minimum atomic E-state index is -1.43. The van der Waals surface area contributed by atoms with E-state index in [2.05, 4.69) is 0 Å². The fraction of sp³-hybridized carbons (Fsp3) is 0.389. The van der Waals surface area contributed by atoms with Crippen LogP contribution in [-0.2, 0) is 16.1 Å². The third-order valence-electron chi connectivity index (χ3n) is 3.90. The molecular formula is C18H22O4S. The van der Waals surface area contributed by atoms with Crippen LogP contribution in [0.1, 0.15) is 36.0 Å². The first-order valence-electron chi connectivity index (χ1n) is 7.43. The highest BCUT2D eigenvalue weighted by Gasteiger charge is 2.42. The molecular weight excluding hydrogens is 312 g/mol. The van der Waals surface area contributed by atoms with Crippen molar-refractivity contribution >= 4 is 17.3 Å². The maximum atomic E-state index is 11.9. The van der Waals surface area contributed by atoms with Crippen LogP contribution in [0.3, 0.4) is 0 Å². The lowest BCUT2D eigenvalue weighted by molar-refractivity contribution is -0.266. The molecule has 0 aliphatic heterocycles. The van der Waals surface area contributed by atoms with E-state index in [1.165, 1.54) is 11.3 Å². The smallest absolute Gasteiger partial charge is 0.348 e. The molecule has 0 aliphatic rings. The first kappa shape index (κ1) is 17.7. The second-order valence-corrected chi connectivity index (χ2v) is 7.14. The molecule has 1 heterocycles. The predicted molar refractivity (Wildman–Crippen MR) is 90.2 cm³/mol. The Kier molecular flexibility index (Phi) is 5.57. The summed E-state index contributed by atoms with van der Waals surface area (Å²) in [4.78, 5) is 12.5. The van der Waals surface area contributed by atoms with Crippen molar-refractivity contribution in [2.24, 2.45) is 5.41 Å².